The van der Waals surface area contributed by atoms with Gasteiger partial charge < -0.3 is 10.4 Å². The van der Waals surface area contributed by atoms with Crippen molar-refractivity contribution in [2.45, 2.75) is 31.4 Å². The summed E-state index contributed by atoms with van der Waals surface area (Å²) in [6.07, 6.45) is 4.14. The van der Waals surface area contributed by atoms with E-state index in [0.29, 0.717) is 12.5 Å². The van der Waals surface area contributed by atoms with Crippen molar-refractivity contribution in [1.29, 1.82) is 0 Å². The maximum Gasteiger partial charge on any atom is 0.0856 e. The molecule has 0 saturated carbocycles. The first-order valence-electron chi connectivity index (χ1n) is 7.17. The van der Waals surface area contributed by atoms with E-state index in [1.165, 1.54) is 0 Å². The zero-order chi connectivity index (χ0) is 13.8. The van der Waals surface area contributed by atoms with Crippen molar-refractivity contribution in [2.75, 3.05) is 13.1 Å². The molecule has 5 nitrogen and oxygen atoms in total. The zero-order valence-corrected chi connectivity index (χ0v) is 11.4. The van der Waals surface area contributed by atoms with Gasteiger partial charge in [0.05, 0.1) is 17.8 Å². The Balaban J connectivity index is 1.65. The number of aromatic nitrogens is 3. The lowest BCUT2D eigenvalue weighted by molar-refractivity contribution is 0.177. The van der Waals surface area contributed by atoms with E-state index in [1.54, 1.807) is 0 Å². The second-order valence-electron chi connectivity index (χ2n) is 5.30. The predicted octanol–water partition coefficient (Wildman–Crippen LogP) is 1.48. The molecule has 0 aliphatic carbocycles. The molecule has 1 aromatic carbocycles. The average molecular weight is 272 g/mol. The van der Waals surface area contributed by atoms with E-state index in [9.17, 15) is 5.11 Å². The van der Waals surface area contributed by atoms with Crippen LogP contribution in [0.15, 0.2) is 36.5 Å². The van der Waals surface area contributed by atoms with Crippen LogP contribution in [-0.2, 0) is 6.42 Å². The summed E-state index contributed by atoms with van der Waals surface area (Å²) in [4.78, 5) is 0. The first-order valence-corrected chi connectivity index (χ1v) is 7.17. The average Bonchev–Trinajstić information content (AvgIpc) is 2.97. The quantitative estimate of drug-likeness (QED) is 0.885. The van der Waals surface area contributed by atoms with Crippen LogP contribution < -0.4 is 5.32 Å². The Labute approximate surface area is 118 Å². The molecule has 1 saturated heterocycles. The number of hydrogen-bond acceptors (Lipinski definition) is 4. The SMILES string of the molecule is OC(Cc1cn(C2CCNCC2)nn1)c1ccccc1. The Hall–Kier alpha value is -1.72. The van der Waals surface area contributed by atoms with Crippen molar-refractivity contribution < 1.29 is 5.11 Å². The predicted molar refractivity (Wildman–Crippen MR) is 76.3 cm³/mol. The number of hydrogen-bond donors (Lipinski definition) is 2. The molecular weight excluding hydrogens is 252 g/mol. The summed E-state index contributed by atoms with van der Waals surface area (Å²) in [5.41, 5.74) is 1.77. The van der Waals surface area contributed by atoms with Crippen molar-refractivity contribution >= 4 is 0 Å². The van der Waals surface area contributed by atoms with Gasteiger partial charge >= 0.3 is 0 Å². The largest absolute Gasteiger partial charge is 0.388 e. The summed E-state index contributed by atoms with van der Waals surface area (Å²) in [5.74, 6) is 0. The van der Waals surface area contributed by atoms with Crippen molar-refractivity contribution in [3.63, 3.8) is 0 Å². The summed E-state index contributed by atoms with van der Waals surface area (Å²) in [6, 6.07) is 10.1. The van der Waals surface area contributed by atoms with Gasteiger partial charge in [0.2, 0.25) is 0 Å². The lowest BCUT2D eigenvalue weighted by Crippen LogP contribution is -2.29. The van der Waals surface area contributed by atoms with Crippen molar-refractivity contribution in [1.82, 2.24) is 20.3 Å². The number of piperidine rings is 1. The number of rotatable bonds is 4. The molecule has 0 spiro atoms. The van der Waals surface area contributed by atoms with E-state index in [1.807, 2.05) is 41.2 Å². The molecule has 2 aromatic rings. The second kappa shape index (κ2) is 6.15. The van der Waals surface area contributed by atoms with Gasteiger partial charge in [-0.15, -0.1) is 5.10 Å². The van der Waals surface area contributed by atoms with Crippen molar-refractivity contribution in [2.24, 2.45) is 0 Å². The first kappa shape index (κ1) is 13.3. The van der Waals surface area contributed by atoms with E-state index >= 15 is 0 Å². The molecular formula is C15H20N4O. The van der Waals surface area contributed by atoms with Crippen LogP contribution >= 0.6 is 0 Å². The number of benzene rings is 1. The van der Waals surface area contributed by atoms with E-state index in [2.05, 4.69) is 15.6 Å². The molecule has 1 atom stereocenters. The highest BCUT2D eigenvalue weighted by molar-refractivity contribution is 5.18. The number of aliphatic hydroxyl groups is 1. The van der Waals surface area contributed by atoms with Gasteiger partial charge in [0.1, 0.15) is 0 Å². The third-order valence-corrected chi connectivity index (χ3v) is 3.83. The third kappa shape index (κ3) is 3.05. The van der Waals surface area contributed by atoms with Gasteiger partial charge in [-0.25, -0.2) is 4.68 Å². The van der Waals surface area contributed by atoms with Crippen LogP contribution in [0.2, 0.25) is 0 Å². The van der Waals surface area contributed by atoms with E-state index < -0.39 is 6.10 Å². The van der Waals surface area contributed by atoms with Crippen LogP contribution in [0.4, 0.5) is 0 Å². The van der Waals surface area contributed by atoms with Crippen LogP contribution in [-0.4, -0.2) is 33.2 Å². The highest BCUT2D eigenvalue weighted by Crippen LogP contribution is 2.20. The molecule has 1 fully saturated rings. The van der Waals surface area contributed by atoms with E-state index in [-0.39, 0.29) is 0 Å². The number of aliphatic hydroxyl groups excluding tert-OH is 1. The van der Waals surface area contributed by atoms with Crippen LogP contribution in [0.3, 0.4) is 0 Å². The Bertz CT molecular complexity index is 534. The normalized spacial score (nSPS) is 18.1. The fourth-order valence-corrected chi connectivity index (χ4v) is 2.65. The minimum absolute atomic E-state index is 0.436. The van der Waals surface area contributed by atoms with Crippen molar-refractivity contribution in [3.8, 4) is 0 Å². The van der Waals surface area contributed by atoms with Gasteiger partial charge in [0, 0.05) is 12.6 Å². The van der Waals surface area contributed by atoms with Crippen LogP contribution in [0, 0.1) is 0 Å². The van der Waals surface area contributed by atoms with Gasteiger partial charge in [-0.1, -0.05) is 35.5 Å². The molecule has 2 heterocycles. The van der Waals surface area contributed by atoms with Gasteiger partial charge in [0.25, 0.3) is 0 Å². The summed E-state index contributed by atoms with van der Waals surface area (Å²) in [7, 11) is 0. The van der Waals surface area contributed by atoms with E-state index in [4.69, 9.17) is 0 Å². The summed E-state index contributed by atoms with van der Waals surface area (Å²) < 4.78 is 1.95. The minimum Gasteiger partial charge on any atom is -0.388 e. The van der Waals surface area contributed by atoms with E-state index in [0.717, 1.165) is 37.2 Å². The number of nitrogens with zero attached hydrogens (tertiary/aromatic N) is 3. The summed E-state index contributed by atoms with van der Waals surface area (Å²) in [5, 5.41) is 22.0. The van der Waals surface area contributed by atoms with Crippen LogP contribution in [0.1, 0.15) is 36.2 Å². The van der Waals surface area contributed by atoms with Gasteiger partial charge in [-0.3, -0.25) is 0 Å². The second-order valence-corrected chi connectivity index (χ2v) is 5.30. The molecule has 20 heavy (non-hydrogen) atoms. The minimum atomic E-state index is -0.519. The summed E-state index contributed by atoms with van der Waals surface area (Å²) in [6.45, 7) is 2.07. The monoisotopic (exact) mass is 272 g/mol. The van der Waals surface area contributed by atoms with Gasteiger partial charge in [-0.2, -0.15) is 0 Å². The maximum atomic E-state index is 10.2. The summed E-state index contributed by atoms with van der Waals surface area (Å²) >= 11 is 0. The molecule has 1 aliphatic rings. The fourth-order valence-electron chi connectivity index (χ4n) is 2.65. The molecule has 0 bridgehead atoms. The fraction of sp³-hybridized carbons (Fsp3) is 0.467. The molecule has 1 aliphatic heterocycles. The van der Waals surface area contributed by atoms with Crippen LogP contribution in [0.5, 0.6) is 0 Å². The molecule has 106 valence electrons. The maximum absolute atomic E-state index is 10.2. The Morgan fingerprint density at radius 3 is 2.75 bits per heavy atom. The molecule has 1 unspecified atom stereocenters. The lowest BCUT2D eigenvalue weighted by atomic mass is 10.1. The molecule has 3 rings (SSSR count). The smallest absolute Gasteiger partial charge is 0.0856 e. The highest BCUT2D eigenvalue weighted by Gasteiger charge is 2.17. The lowest BCUT2D eigenvalue weighted by Gasteiger charge is -2.22. The zero-order valence-electron chi connectivity index (χ0n) is 11.4. The van der Waals surface area contributed by atoms with Crippen LogP contribution in [0.25, 0.3) is 0 Å². The van der Waals surface area contributed by atoms with Gasteiger partial charge in [0.15, 0.2) is 0 Å². The molecule has 1 aromatic heterocycles. The Morgan fingerprint density at radius 2 is 2.00 bits per heavy atom. The van der Waals surface area contributed by atoms with Gasteiger partial charge in [-0.05, 0) is 31.5 Å². The third-order valence-electron chi connectivity index (χ3n) is 3.83. The topological polar surface area (TPSA) is 63.0 Å². The first-order chi connectivity index (χ1) is 9.83. The number of nitrogens with one attached hydrogen (secondary N) is 1. The Morgan fingerprint density at radius 1 is 1.25 bits per heavy atom. The molecule has 0 radical (unpaired) electrons. The standard InChI is InChI=1S/C15H20N4O/c20-15(12-4-2-1-3-5-12)10-13-11-19(18-17-13)14-6-8-16-9-7-14/h1-5,11,14-16,20H,6-10H2. The molecule has 2 N–H and O–H groups in total. The van der Waals surface area contributed by atoms with Crippen molar-refractivity contribution in [3.05, 3.63) is 47.8 Å². The Kier molecular flexibility index (Phi) is 4.08. The highest BCUT2D eigenvalue weighted by atomic mass is 16.3. The molecule has 5 heteroatoms. The molecule has 0 amide bonds.